The van der Waals surface area contributed by atoms with Crippen LogP contribution in [0, 0.1) is 0 Å². The Hall–Kier alpha value is -3.91. The number of ether oxygens (including phenoxy) is 1. The van der Waals surface area contributed by atoms with Gasteiger partial charge in [-0.2, -0.15) is 8.42 Å². The Bertz CT molecular complexity index is 1320. The number of rotatable bonds is 14. The maximum Gasteiger partial charge on any atom is 0.407 e. The number of carboxylic acid groups (broad SMARTS) is 1. The molecule has 0 bridgehead atoms. The van der Waals surface area contributed by atoms with Crippen molar-refractivity contribution in [2.45, 2.75) is 63.0 Å². The van der Waals surface area contributed by atoms with Crippen LogP contribution in [-0.4, -0.2) is 73.2 Å². The molecule has 2 aromatic carbocycles. The molecule has 0 spiro atoms. The van der Waals surface area contributed by atoms with Crippen LogP contribution in [-0.2, 0) is 29.2 Å². The van der Waals surface area contributed by atoms with Crippen molar-refractivity contribution in [1.29, 1.82) is 0 Å². The largest absolute Gasteiger partial charge is 0.480 e. The van der Waals surface area contributed by atoms with Gasteiger partial charge in [0.15, 0.2) is 0 Å². The first-order chi connectivity index (χ1) is 18.7. The van der Waals surface area contributed by atoms with Crippen LogP contribution in [0.2, 0.25) is 0 Å². The van der Waals surface area contributed by atoms with Gasteiger partial charge in [-0.25, -0.2) is 9.59 Å². The molecule has 6 N–H and O–H groups in total. The number of nitrogens with one attached hydrogen (secondary N) is 4. The highest BCUT2D eigenvalue weighted by Crippen LogP contribution is 2.28. The minimum Gasteiger partial charge on any atom is -0.480 e. The van der Waals surface area contributed by atoms with E-state index in [9.17, 15) is 37.3 Å². The molecule has 0 fully saturated rings. The van der Waals surface area contributed by atoms with Crippen molar-refractivity contribution in [2.24, 2.45) is 0 Å². The van der Waals surface area contributed by atoms with Gasteiger partial charge in [0.2, 0.25) is 11.8 Å². The summed E-state index contributed by atoms with van der Waals surface area (Å²) in [5.74, 6) is -2.19. The van der Waals surface area contributed by atoms with E-state index in [4.69, 9.17) is 4.74 Å². The van der Waals surface area contributed by atoms with Crippen molar-refractivity contribution >= 4 is 50.5 Å². The van der Waals surface area contributed by atoms with E-state index in [1.807, 2.05) is 0 Å². The number of carbonyl (C=O) groups excluding carboxylic acids is 3. The van der Waals surface area contributed by atoms with Gasteiger partial charge in [-0.1, -0.05) is 24.3 Å². The van der Waals surface area contributed by atoms with Crippen molar-refractivity contribution in [3.05, 3.63) is 36.4 Å². The van der Waals surface area contributed by atoms with Crippen molar-refractivity contribution in [3.63, 3.8) is 0 Å². The van der Waals surface area contributed by atoms with Gasteiger partial charge in [0.05, 0.1) is 0 Å². The number of hydrogen-bond donors (Lipinski definition) is 6. The van der Waals surface area contributed by atoms with E-state index in [1.165, 1.54) is 12.1 Å². The summed E-state index contributed by atoms with van der Waals surface area (Å²) in [5, 5.41) is 21.0. The molecule has 0 unspecified atom stereocenters. The first kappa shape index (κ1) is 32.3. The Kier molecular flexibility index (Phi) is 11.7. The lowest BCUT2D eigenvalue weighted by Gasteiger charge is -2.19. The molecule has 0 aromatic heterocycles. The molecule has 40 heavy (non-hydrogen) atoms. The average Bonchev–Trinajstić information content (AvgIpc) is 2.84. The van der Waals surface area contributed by atoms with Crippen LogP contribution in [0.15, 0.2) is 41.3 Å². The lowest BCUT2D eigenvalue weighted by atomic mass is 10.1. The zero-order valence-corrected chi connectivity index (χ0v) is 23.5. The van der Waals surface area contributed by atoms with Gasteiger partial charge < -0.3 is 31.1 Å². The number of benzene rings is 2. The Morgan fingerprint density at radius 1 is 0.900 bits per heavy atom. The van der Waals surface area contributed by atoms with Crippen molar-refractivity contribution < 1.29 is 42.0 Å². The lowest BCUT2D eigenvalue weighted by molar-refractivity contribution is -0.142. The fourth-order valence-electron chi connectivity index (χ4n) is 3.70. The molecule has 0 saturated carbocycles. The summed E-state index contributed by atoms with van der Waals surface area (Å²) in [7, 11) is -4.40. The van der Waals surface area contributed by atoms with E-state index in [0.717, 1.165) is 0 Å². The van der Waals surface area contributed by atoms with Gasteiger partial charge in [0.25, 0.3) is 10.1 Å². The maximum atomic E-state index is 12.2. The van der Waals surface area contributed by atoms with E-state index in [1.54, 1.807) is 45.0 Å². The van der Waals surface area contributed by atoms with Gasteiger partial charge in [-0.3, -0.25) is 14.1 Å². The molecule has 0 aliphatic carbocycles. The number of carbonyl (C=O) groups is 4. The minimum absolute atomic E-state index is 0.0165. The second-order valence-corrected chi connectivity index (χ2v) is 11.3. The molecule has 13 nitrogen and oxygen atoms in total. The summed E-state index contributed by atoms with van der Waals surface area (Å²) in [6.07, 6.45) is -0.599. The molecule has 2 rings (SSSR count). The molecule has 0 aliphatic heterocycles. The molecule has 0 aliphatic rings. The van der Waals surface area contributed by atoms with Crippen LogP contribution >= 0.6 is 0 Å². The monoisotopic (exact) mass is 580 g/mol. The summed E-state index contributed by atoms with van der Waals surface area (Å²) in [4.78, 5) is 47.3. The zero-order chi connectivity index (χ0) is 29.9. The van der Waals surface area contributed by atoms with E-state index >= 15 is 0 Å². The van der Waals surface area contributed by atoms with Crippen LogP contribution < -0.4 is 21.3 Å². The summed E-state index contributed by atoms with van der Waals surface area (Å²) in [6.45, 7) is 5.84. The van der Waals surface area contributed by atoms with Crippen LogP contribution in [0.4, 0.5) is 10.5 Å². The third-order valence-corrected chi connectivity index (χ3v) is 6.38. The molecule has 2 aromatic rings. The predicted molar refractivity (Wildman–Crippen MR) is 148 cm³/mol. The highest BCUT2D eigenvalue weighted by atomic mass is 32.2. The molecule has 1 atom stereocenters. The Morgan fingerprint density at radius 3 is 2.23 bits per heavy atom. The van der Waals surface area contributed by atoms with Gasteiger partial charge >= 0.3 is 12.1 Å². The first-order valence-corrected chi connectivity index (χ1v) is 14.1. The summed E-state index contributed by atoms with van der Waals surface area (Å²) in [5.41, 5.74) is -0.0407. The lowest BCUT2D eigenvalue weighted by Crippen LogP contribution is -2.42. The molecular formula is C26H36N4O9S. The molecule has 0 heterocycles. The topological polar surface area (TPSA) is 200 Å². The fourth-order valence-corrected chi connectivity index (χ4v) is 4.41. The molecule has 3 amide bonds. The van der Waals surface area contributed by atoms with Crippen molar-refractivity contribution in [2.75, 3.05) is 25.0 Å². The smallest absolute Gasteiger partial charge is 0.407 e. The molecule has 0 saturated heterocycles. The second-order valence-electron chi connectivity index (χ2n) is 9.94. The van der Waals surface area contributed by atoms with Gasteiger partial charge in [0, 0.05) is 48.9 Å². The normalized spacial score (nSPS) is 12.3. The second kappa shape index (κ2) is 14.5. The van der Waals surface area contributed by atoms with Gasteiger partial charge in [0.1, 0.15) is 16.5 Å². The Morgan fingerprint density at radius 2 is 1.57 bits per heavy atom. The summed E-state index contributed by atoms with van der Waals surface area (Å²) in [6, 6.07) is 8.20. The van der Waals surface area contributed by atoms with E-state index in [0.29, 0.717) is 16.5 Å². The number of hydrogen-bond acceptors (Lipinski definition) is 8. The Labute approximate surface area is 232 Å². The number of carboxylic acids is 1. The van der Waals surface area contributed by atoms with Gasteiger partial charge in [-0.05, 0) is 45.7 Å². The van der Waals surface area contributed by atoms with E-state index < -0.39 is 45.6 Å². The standard InChI is InChI=1S/C26H36N4O9S/c1-26(2,3)39-25(35)29-14-6-11-23(32)30-20(24(33)34)12-13-22(31)28-16-15-27-19-9-4-8-18-17(19)7-5-10-21(18)40(36,37)38/h4-5,7-10,20,27H,6,11-16H2,1-3H3,(H,28,31)(H,29,35)(H,30,32)(H,33,34)(H,36,37,38)/t20-/m0/s1. The molecule has 220 valence electrons. The average molecular weight is 581 g/mol. The number of alkyl carbamates (subject to hydrolysis) is 1. The molecule has 0 radical (unpaired) electrons. The number of anilines is 1. The quantitative estimate of drug-likeness (QED) is 0.142. The van der Waals surface area contributed by atoms with E-state index in [2.05, 4.69) is 21.3 Å². The van der Waals surface area contributed by atoms with Crippen LogP contribution in [0.25, 0.3) is 10.8 Å². The highest BCUT2D eigenvalue weighted by Gasteiger charge is 2.21. The van der Waals surface area contributed by atoms with Crippen LogP contribution in [0.1, 0.15) is 46.5 Å². The highest BCUT2D eigenvalue weighted by molar-refractivity contribution is 7.86. The van der Waals surface area contributed by atoms with Crippen LogP contribution in [0.5, 0.6) is 0 Å². The third kappa shape index (κ3) is 11.1. The predicted octanol–water partition coefficient (Wildman–Crippen LogP) is 2.27. The third-order valence-electron chi connectivity index (χ3n) is 5.46. The van der Waals surface area contributed by atoms with E-state index in [-0.39, 0.29) is 50.2 Å². The minimum atomic E-state index is -4.40. The molecule has 14 heteroatoms. The number of aliphatic carboxylic acids is 1. The molecular weight excluding hydrogens is 544 g/mol. The number of fused-ring (bicyclic) bond motifs is 1. The maximum absolute atomic E-state index is 12.2. The summed E-state index contributed by atoms with van der Waals surface area (Å²) < 4.78 is 37.8. The fraction of sp³-hybridized carbons (Fsp3) is 0.462. The van der Waals surface area contributed by atoms with Gasteiger partial charge in [-0.15, -0.1) is 0 Å². The Balaban J connectivity index is 1.74. The zero-order valence-electron chi connectivity index (χ0n) is 22.7. The SMILES string of the molecule is CC(C)(C)OC(=O)NCCCC(=O)N[C@@H](CCC(=O)NCCNc1cccc2c(S(=O)(=O)O)cccc12)C(=O)O. The van der Waals surface area contributed by atoms with Crippen LogP contribution in [0.3, 0.4) is 0 Å². The van der Waals surface area contributed by atoms with Crippen molar-refractivity contribution in [1.82, 2.24) is 16.0 Å². The first-order valence-electron chi connectivity index (χ1n) is 12.7. The number of amides is 3. The summed E-state index contributed by atoms with van der Waals surface area (Å²) >= 11 is 0. The van der Waals surface area contributed by atoms with Crippen molar-refractivity contribution in [3.8, 4) is 0 Å².